The first-order chi connectivity index (χ1) is 14.5. The summed E-state index contributed by atoms with van der Waals surface area (Å²) in [6.07, 6.45) is -3.08. The first kappa shape index (κ1) is 24.3. The molecule has 3 heterocycles. The Labute approximate surface area is 176 Å². The number of pyridine rings is 1. The minimum absolute atomic E-state index is 0.0351. The molecule has 1 amide bonds. The van der Waals surface area contributed by atoms with Gasteiger partial charge >= 0.3 is 12.1 Å². The van der Waals surface area contributed by atoms with Crippen molar-refractivity contribution in [3.8, 4) is 11.4 Å². The van der Waals surface area contributed by atoms with Gasteiger partial charge in [-0.25, -0.2) is 4.79 Å². The summed E-state index contributed by atoms with van der Waals surface area (Å²) in [5.41, 5.74) is 1.41. The molecule has 3 rings (SSSR count). The van der Waals surface area contributed by atoms with Crippen LogP contribution in [0.2, 0.25) is 0 Å². The van der Waals surface area contributed by atoms with Crippen molar-refractivity contribution >= 4 is 11.9 Å². The molecule has 2 atom stereocenters. The number of aliphatic carboxylic acids is 1. The van der Waals surface area contributed by atoms with Crippen LogP contribution < -0.4 is 5.32 Å². The van der Waals surface area contributed by atoms with Gasteiger partial charge in [-0.1, -0.05) is 11.2 Å². The molecule has 1 fully saturated rings. The number of carbonyl (C=O) groups excluding carboxylic acids is 1. The Balaban J connectivity index is 0.000000423. The number of aromatic nitrogens is 2. The van der Waals surface area contributed by atoms with Crippen LogP contribution in [0.3, 0.4) is 0 Å². The first-order valence-electron chi connectivity index (χ1n) is 9.36. The van der Waals surface area contributed by atoms with Crippen molar-refractivity contribution in [2.24, 2.45) is 0 Å². The third-order valence-electron chi connectivity index (χ3n) is 4.05. The van der Waals surface area contributed by atoms with Gasteiger partial charge in [-0.15, -0.1) is 0 Å². The SMILES string of the molecule is C[C@@H]1CN(CC(=O)NCc2cc(-c3ccccn3)no2)C[C@H](C)O1.O=C(O)C(F)(F)F. The van der Waals surface area contributed by atoms with E-state index in [4.69, 9.17) is 19.2 Å². The highest BCUT2D eigenvalue weighted by atomic mass is 19.4. The number of rotatable bonds is 5. The van der Waals surface area contributed by atoms with Crippen LogP contribution in [0.15, 0.2) is 35.0 Å². The fourth-order valence-electron chi connectivity index (χ4n) is 2.89. The third-order valence-corrected chi connectivity index (χ3v) is 4.05. The van der Waals surface area contributed by atoms with Gasteiger partial charge in [0.25, 0.3) is 0 Å². The number of ether oxygens (including phenoxy) is 1. The van der Waals surface area contributed by atoms with Crippen LogP contribution in [0.25, 0.3) is 11.4 Å². The van der Waals surface area contributed by atoms with Crippen LogP contribution in [-0.4, -0.2) is 70.0 Å². The number of nitrogens with one attached hydrogen (secondary N) is 1. The summed E-state index contributed by atoms with van der Waals surface area (Å²) in [5, 5.41) is 14.0. The quantitative estimate of drug-likeness (QED) is 0.720. The third kappa shape index (κ3) is 8.34. The number of carbonyl (C=O) groups is 2. The van der Waals surface area contributed by atoms with Gasteiger partial charge in [-0.3, -0.25) is 14.7 Å². The van der Waals surface area contributed by atoms with Crippen LogP contribution in [0.4, 0.5) is 13.2 Å². The van der Waals surface area contributed by atoms with Gasteiger partial charge in [-0.05, 0) is 26.0 Å². The van der Waals surface area contributed by atoms with E-state index in [0.29, 0.717) is 24.5 Å². The Kier molecular flexibility index (Phi) is 8.51. The monoisotopic (exact) mass is 444 g/mol. The molecule has 0 aromatic carbocycles. The number of halogens is 3. The lowest BCUT2D eigenvalue weighted by Gasteiger charge is -2.34. The molecule has 0 radical (unpaired) electrons. The Morgan fingerprint density at radius 3 is 2.42 bits per heavy atom. The van der Waals surface area contributed by atoms with Gasteiger partial charge in [0.05, 0.1) is 31.0 Å². The van der Waals surface area contributed by atoms with E-state index in [9.17, 15) is 18.0 Å². The molecule has 0 aliphatic carbocycles. The molecule has 0 spiro atoms. The Bertz CT molecular complexity index is 850. The second-order valence-corrected chi connectivity index (χ2v) is 6.92. The molecule has 2 aromatic rings. The fourth-order valence-corrected chi connectivity index (χ4v) is 2.89. The second kappa shape index (κ2) is 10.9. The molecule has 1 saturated heterocycles. The number of nitrogens with zero attached hydrogens (tertiary/aromatic N) is 3. The molecular weight excluding hydrogens is 421 g/mol. The molecule has 2 N–H and O–H groups in total. The fraction of sp³-hybridized carbons (Fsp3) is 0.474. The predicted molar refractivity (Wildman–Crippen MR) is 102 cm³/mol. The summed E-state index contributed by atoms with van der Waals surface area (Å²) in [6, 6.07) is 7.39. The van der Waals surface area contributed by atoms with E-state index < -0.39 is 12.1 Å². The number of alkyl halides is 3. The van der Waals surface area contributed by atoms with E-state index in [1.54, 1.807) is 12.3 Å². The number of carboxylic acids is 1. The van der Waals surface area contributed by atoms with Gasteiger partial charge < -0.3 is 19.7 Å². The van der Waals surface area contributed by atoms with Crippen molar-refractivity contribution in [3.63, 3.8) is 0 Å². The van der Waals surface area contributed by atoms with E-state index >= 15 is 0 Å². The molecule has 12 heteroatoms. The lowest BCUT2D eigenvalue weighted by atomic mass is 10.2. The van der Waals surface area contributed by atoms with Gasteiger partial charge in [0.1, 0.15) is 5.69 Å². The summed E-state index contributed by atoms with van der Waals surface area (Å²) < 4.78 is 42.7. The zero-order valence-corrected chi connectivity index (χ0v) is 16.9. The molecule has 9 nitrogen and oxygen atoms in total. The van der Waals surface area contributed by atoms with Gasteiger partial charge in [0, 0.05) is 25.4 Å². The summed E-state index contributed by atoms with van der Waals surface area (Å²) in [5.74, 6) is -2.19. The molecule has 31 heavy (non-hydrogen) atoms. The largest absolute Gasteiger partial charge is 0.490 e. The average Bonchev–Trinajstić information content (AvgIpc) is 3.15. The summed E-state index contributed by atoms with van der Waals surface area (Å²) in [7, 11) is 0. The van der Waals surface area contributed by atoms with Crippen molar-refractivity contribution < 1.29 is 37.1 Å². The number of hydrogen-bond donors (Lipinski definition) is 2. The van der Waals surface area contributed by atoms with Crippen LogP contribution >= 0.6 is 0 Å². The highest BCUT2D eigenvalue weighted by Crippen LogP contribution is 2.16. The van der Waals surface area contributed by atoms with E-state index in [2.05, 4.69) is 20.4 Å². The minimum Gasteiger partial charge on any atom is -0.475 e. The van der Waals surface area contributed by atoms with E-state index in [1.165, 1.54) is 0 Å². The molecular formula is C19H23F3N4O5. The van der Waals surface area contributed by atoms with Gasteiger partial charge in [0.2, 0.25) is 5.91 Å². The summed E-state index contributed by atoms with van der Waals surface area (Å²) >= 11 is 0. The maximum absolute atomic E-state index is 12.1. The molecule has 170 valence electrons. The maximum atomic E-state index is 12.1. The highest BCUT2D eigenvalue weighted by Gasteiger charge is 2.38. The predicted octanol–water partition coefficient (Wildman–Crippen LogP) is 2.10. The molecule has 1 aliphatic rings. The smallest absolute Gasteiger partial charge is 0.475 e. The minimum atomic E-state index is -5.08. The number of amides is 1. The molecule has 2 aromatic heterocycles. The van der Waals surface area contributed by atoms with Crippen molar-refractivity contribution in [1.29, 1.82) is 0 Å². The average molecular weight is 444 g/mol. The lowest BCUT2D eigenvalue weighted by molar-refractivity contribution is -0.192. The van der Waals surface area contributed by atoms with Crippen molar-refractivity contribution in [2.75, 3.05) is 19.6 Å². The van der Waals surface area contributed by atoms with Crippen molar-refractivity contribution in [1.82, 2.24) is 20.4 Å². The van der Waals surface area contributed by atoms with Gasteiger partial charge in [-0.2, -0.15) is 13.2 Å². The van der Waals surface area contributed by atoms with E-state index in [-0.39, 0.29) is 18.1 Å². The molecule has 1 aliphatic heterocycles. The molecule has 0 unspecified atom stereocenters. The first-order valence-corrected chi connectivity index (χ1v) is 9.36. The second-order valence-electron chi connectivity index (χ2n) is 6.92. The Morgan fingerprint density at radius 1 is 1.23 bits per heavy atom. The van der Waals surface area contributed by atoms with Crippen LogP contribution in [0.5, 0.6) is 0 Å². The topological polar surface area (TPSA) is 118 Å². The summed E-state index contributed by atoms with van der Waals surface area (Å²) in [6.45, 7) is 6.25. The zero-order chi connectivity index (χ0) is 23.0. The van der Waals surface area contributed by atoms with E-state index in [1.807, 2.05) is 32.0 Å². The van der Waals surface area contributed by atoms with Crippen LogP contribution in [0, 0.1) is 0 Å². The standard InChI is InChI=1S/C17H22N4O3.C2HF3O2/c1-12-9-21(10-13(2)23-12)11-17(22)19-8-14-7-16(20-24-14)15-5-3-4-6-18-15;3-2(4,5)1(6)7/h3-7,12-13H,8-11H2,1-2H3,(H,19,22);(H,6,7)/t12-,13+;. The van der Waals surface area contributed by atoms with Crippen LogP contribution in [0.1, 0.15) is 19.6 Å². The maximum Gasteiger partial charge on any atom is 0.490 e. The molecule has 0 bridgehead atoms. The number of carboxylic acid groups (broad SMARTS) is 1. The lowest BCUT2D eigenvalue weighted by Crippen LogP contribution is -2.49. The van der Waals surface area contributed by atoms with Crippen LogP contribution in [-0.2, 0) is 20.9 Å². The number of morpholine rings is 1. The number of hydrogen-bond acceptors (Lipinski definition) is 7. The Morgan fingerprint density at radius 2 is 1.87 bits per heavy atom. The molecule has 0 saturated carbocycles. The van der Waals surface area contributed by atoms with Crippen molar-refractivity contribution in [3.05, 3.63) is 36.2 Å². The zero-order valence-electron chi connectivity index (χ0n) is 16.9. The van der Waals surface area contributed by atoms with Gasteiger partial charge in [0.15, 0.2) is 5.76 Å². The Hall–Kier alpha value is -2.99. The van der Waals surface area contributed by atoms with Crippen molar-refractivity contribution in [2.45, 2.75) is 38.8 Å². The van der Waals surface area contributed by atoms with E-state index in [0.717, 1.165) is 18.8 Å². The highest BCUT2D eigenvalue weighted by molar-refractivity contribution is 5.78. The normalized spacial score (nSPS) is 19.3. The summed E-state index contributed by atoms with van der Waals surface area (Å²) in [4.78, 5) is 27.3.